The first-order valence-electron chi connectivity index (χ1n) is 4.35. The molecule has 5 heteroatoms. The third-order valence-corrected chi connectivity index (χ3v) is 2.43. The molecule has 15 heavy (non-hydrogen) atoms. The Kier molecular flexibility index (Phi) is 2.36. The van der Waals surface area contributed by atoms with Gasteiger partial charge in [-0.25, -0.2) is 9.07 Å². The number of benzene rings is 1. The van der Waals surface area contributed by atoms with E-state index in [9.17, 15) is 4.39 Å². The molecule has 0 radical (unpaired) electrons. The van der Waals surface area contributed by atoms with Crippen LogP contribution in [0.15, 0.2) is 24.4 Å². The molecule has 78 valence electrons. The van der Waals surface area contributed by atoms with E-state index in [1.165, 1.54) is 10.7 Å². The minimum atomic E-state index is -0.422. The van der Waals surface area contributed by atoms with Gasteiger partial charge in [-0.2, -0.15) is 5.10 Å². The van der Waals surface area contributed by atoms with Crippen molar-refractivity contribution in [3.63, 3.8) is 0 Å². The van der Waals surface area contributed by atoms with Crippen molar-refractivity contribution < 1.29 is 4.39 Å². The van der Waals surface area contributed by atoms with E-state index in [0.717, 1.165) is 0 Å². The molecule has 0 bridgehead atoms. The molecule has 0 unspecified atom stereocenters. The minimum absolute atomic E-state index is 0.333. The maximum Gasteiger partial charge on any atom is 0.150 e. The molecular weight excluding hydrogens is 217 g/mol. The predicted molar refractivity (Wildman–Crippen MR) is 57.7 cm³/mol. The molecule has 0 saturated carbocycles. The number of aromatic nitrogens is 2. The lowest BCUT2D eigenvalue weighted by Gasteiger charge is -2.03. The normalized spacial score (nSPS) is 10.6. The fraction of sp³-hybridized carbons (Fsp3) is 0.100. The zero-order valence-electron chi connectivity index (χ0n) is 8.04. The summed E-state index contributed by atoms with van der Waals surface area (Å²) < 4.78 is 14.9. The second-order valence-corrected chi connectivity index (χ2v) is 3.63. The van der Waals surface area contributed by atoms with Crippen LogP contribution in [0.3, 0.4) is 0 Å². The highest BCUT2D eigenvalue weighted by Crippen LogP contribution is 2.19. The second-order valence-electron chi connectivity index (χ2n) is 3.22. The van der Waals surface area contributed by atoms with Gasteiger partial charge in [0.15, 0.2) is 5.82 Å². The van der Waals surface area contributed by atoms with E-state index in [1.54, 1.807) is 25.3 Å². The zero-order valence-corrected chi connectivity index (χ0v) is 8.79. The third kappa shape index (κ3) is 1.80. The Morgan fingerprint density at radius 2 is 2.20 bits per heavy atom. The molecule has 0 aliphatic rings. The van der Waals surface area contributed by atoms with Crippen molar-refractivity contribution in [2.75, 3.05) is 5.73 Å². The highest BCUT2D eigenvalue weighted by atomic mass is 35.5. The first kappa shape index (κ1) is 9.98. The number of halogens is 2. The summed E-state index contributed by atoms with van der Waals surface area (Å²) in [4.78, 5) is 0. The summed E-state index contributed by atoms with van der Waals surface area (Å²) in [6.45, 7) is 1.76. The van der Waals surface area contributed by atoms with Crippen molar-refractivity contribution in [2.45, 2.75) is 6.92 Å². The van der Waals surface area contributed by atoms with E-state index in [4.69, 9.17) is 17.3 Å². The van der Waals surface area contributed by atoms with Crippen molar-refractivity contribution >= 4 is 17.3 Å². The largest absolute Gasteiger partial charge is 0.399 e. The molecule has 0 aliphatic heterocycles. The van der Waals surface area contributed by atoms with Crippen LogP contribution in [0.1, 0.15) is 5.69 Å². The van der Waals surface area contributed by atoms with E-state index in [-0.39, 0.29) is 0 Å². The van der Waals surface area contributed by atoms with Gasteiger partial charge in [0.25, 0.3) is 0 Å². The number of rotatable bonds is 1. The van der Waals surface area contributed by atoms with Crippen molar-refractivity contribution in [1.29, 1.82) is 0 Å². The zero-order chi connectivity index (χ0) is 11.0. The number of nitrogens with zero attached hydrogens (tertiary/aromatic N) is 2. The Balaban J connectivity index is 2.54. The van der Waals surface area contributed by atoms with E-state index in [1.807, 2.05) is 0 Å². The topological polar surface area (TPSA) is 43.8 Å². The molecule has 2 aromatic rings. The van der Waals surface area contributed by atoms with Crippen LogP contribution in [0.2, 0.25) is 5.02 Å². The van der Waals surface area contributed by atoms with Crippen LogP contribution in [0.4, 0.5) is 10.1 Å². The molecule has 0 spiro atoms. The number of aryl methyl sites for hydroxylation is 1. The van der Waals surface area contributed by atoms with Gasteiger partial charge in [0.05, 0.1) is 10.7 Å². The standard InChI is InChI=1S/C10H9ClFN3/c1-6-8(11)5-15(14-6)10-3-2-7(13)4-9(10)12/h2-5H,13H2,1H3. The van der Waals surface area contributed by atoms with E-state index < -0.39 is 5.82 Å². The van der Waals surface area contributed by atoms with Crippen LogP contribution in [0, 0.1) is 12.7 Å². The average Bonchev–Trinajstić information content (AvgIpc) is 2.46. The quantitative estimate of drug-likeness (QED) is 0.758. The molecule has 1 aromatic carbocycles. The Labute approximate surface area is 91.3 Å². The van der Waals surface area contributed by atoms with Crippen LogP contribution < -0.4 is 5.73 Å². The van der Waals surface area contributed by atoms with Gasteiger partial charge >= 0.3 is 0 Å². The second kappa shape index (κ2) is 3.55. The number of hydrogen-bond acceptors (Lipinski definition) is 2. The molecule has 0 aliphatic carbocycles. The Bertz CT molecular complexity index is 488. The molecule has 1 aromatic heterocycles. The first-order chi connectivity index (χ1) is 7.08. The number of nitrogen functional groups attached to an aromatic ring is 1. The highest BCUT2D eigenvalue weighted by Gasteiger charge is 2.08. The van der Waals surface area contributed by atoms with Gasteiger partial charge in [0.2, 0.25) is 0 Å². The van der Waals surface area contributed by atoms with Crippen molar-refractivity contribution in [3.05, 3.63) is 40.9 Å². The van der Waals surface area contributed by atoms with E-state index in [0.29, 0.717) is 22.1 Å². The van der Waals surface area contributed by atoms with Crippen LogP contribution >= 0.6 is 11.6 Å². The monoisotopic (exact) mass is 225 g/mol. The number of hydrogen-bond donors (Lipinski definition) is 1. The lowest BCUT2D eigenvalue weighted by molar-refractivity contribution is 0.611. The summed E-state index contributed by atoms with van der Waals surface area (Å²) in [5, 5.41) is 4.58. The van der Waals surface area contributed by atoms with Crippen LogP contribution in [0.5, 0.6) is 0 Å². The summed E-state index contributed by atoms with van der Waals surface area (Å²) in [6, 6.07) is 4.43. The molecule has 2 N–H and O–H groups in total. The highest BCUT2D eigenvalue weighted by molar-refractivity contribution is 6.31. The average molecular weight is 226 g/mol. The molecule has 2 rings (SSSR count). The van der Waals surface area contributed by atoms with Gasteiger partial charge in [-0.3, -0.25) is 0 Å². The van der Waals surface area contributed by atoms with Crippen LogP contribution in [-0.4, -0.2) is 9.78 Å². The fourth-order valence-electron chi connectivity index (χ4n) is 1.27. The van der Waals surface area contributed by atoms with Gasteiger partial charge < -0.3 is 5.73 Å². The lowest BCUT2D eigenvalue weighted by atomic mass is 10.3. The van der Waals surface area contributed by atoms with Crippen molar-refractivity contribution in [3.8, 4) is 5.69 Å². The summed E-state index contributed by atoms with van der Waals surface area (Å²) >= 11 is 5.83. The molecule has 0 atom stereocenters. The summed E-state index contributed by atoms with van der Waals surface area (Å²) in [5.74, 6) is -0.422. The molecular formula is C10H9ClFN3. The predicted octanol–water partition coefficient (Wildman–Crippen LogP) is 2.56. The SMILES string of the molecule is Cc1nn(-c2ccc(N)cc2F)cc1Cl. The summed E-state index contributed by atoms with van der Waals surface area (Å²) in [7, 11) is 0. The van der Waals surface area contributed by atoms with Gasteiger partial charge in [-0.15, -0.1) is 0 Å². The maximum atomic E-state index is 13.5. The number of nitrogens with two attached hydrogens (primary N) is 1. The van der Waals surface area contributed by atoms with E-state index >= 15 is 0 Å². The summed E-state index contributed by atoms with van der Waals surface area (Å²) in [5.41, 5.74) is 6.82. The molecule has 1 heterocycles. The number of anilines is 1. The van der Waals surface area contributed by atoms with E-state index in [2.05, 4.69) is 5.10 Å². The molecule has 3 nitrogen and oxygen atoms in total. The van der Waals surface area contributed by atoms with Gasteiger partial charge in [-0.05, 0) is 25.1 Å². The third-order valence-electron chi connectivity index (χ3n) is 2.06. The van der Waals surface area contributed by atoms with Gasteiger partial charge in [-0.1, -0.05) is 11.6 Å². The van der Waals surface area contributed by atoms with Gasteiger partial charge in [0.1, 0.15) is 5.69 Å². The van der Waals surface area contributed by atoms with Crippen LogP contribution in [0.25, 0.3) is 5.69 Å². The Morgan fingerprint density at radius 1 is 1.47 bits per heavy atom. The first-order valence-corrected chi connectivity index (χ1v) is 4.73. The van der Waals surface area contributed by atoms with Crippen molar-refractivity contribution in [2.24, 2.45) is 0 Å². The van der Waals surface area contributed by atoms with Crippen LogP contribution in [-0.2, 0) is 0 Å². The Hall–Kier alpha value is -1.55. The van der Waals surface area contributed by atoms with Gasteiger partial charge in [0, 0.05) is 11.9 Å². The van der Waals surface area contributed by atoms with Crippen molar-refractivity contribution in [1.82, 2.24) is 9.78 Å². The Morgan fingerprint density at radius 3 is 2.73 bits per heavy atom. The summed E-state index contributed by atoms with van der Waals surface area (Å²) in [6.07, 6.45) is 1.56. The molecule has 0 saturated heterocycles. The maximum absolute atomic E-state index is 13.5. The smallest absolute Gasteiger partial charge is 0.150 e. The fourth-order valence-corrected chi connectivity index (χ4v) is 1.40. The molecule has 0 fully saturated rings. The lowest BCUT2D eigenvalue weighted by Crippen LogP contribution is -1.99. The minimum Gasteiger partial charge on any atom is -0.399 e. The molecule has 0 amide bonds.